The molecule has 4 nitrogen and oxygen atoms in total. The molecule has 0 aliphatic carbocycles. The first-order valence-electron chi connectivity index (χ1n) is 7.18. The number of para-hydroxylation sites is 1. The second-order valence-electron chi connectivity index (χ2n) is 5.12. The number of halogens is 1. The zero-order chi connectivity index (χ0) is 14.7. The van der Waals surface area contributed by atoms with Gasteiger partial charge >= 0.3 is 0 Å². The van der Waals surface area contributed by atoms with Crippen molar-refractivity contribution in [3.63, 3.8) is 0 Å². The molecule has 0 saturated carbocycles. The molecule has 0 atom stereocenters. The van der Waals surface area contributed by atoms with Crippen LogP contribution in [0.2, 0.25) is 0 Å². The van der Waals surface area contributed by atoms with Crippen LogP contribution in [0.5, 0.6) is 0 Å². The van der Waals surface area contributed by atoms with Crippen LogP contribution in [-0.2, 0) is 6.54 Å². The summed E-state index contributed by atoms with van der Waals surface area (Å²) in [6.07, 6.45) is 0. The van der Waals surface area contributed by atoms with E-state index < -0.39 is 0 Å². The highest BCUT2D eigenvalue weighted by molar-refractivity contribution is 5.50. The van der Waals surface area contributed by atoms with Crippen LogP contribution in [0.3, 0.4) is 0 Å². The standard InChI is InChI=1S/C16H19FN4/c17-14-5-1-2-6-15(14)20-8-10-21(11-9-20)16-7-3-4-13(12-18)19-16/h1-7H,8-12,18H2. The molecule has 21 heavy (non-hydrogen) atoms. The Labute approximate surface area is 124 Å². The van der Waals surface area contributed by atoms with Gasteiger partial charge in [0.1, 0.15) is 11.6 Å². The molecule has 3 rings (SSSR count). The number of hydrogen-bond acceptors (Lipinski definition) is 4. The van der Waals surface area contributed by atoms with E-state index in [9.17, 15) is 4.39 Å². The molecular formula is C16H19FN4. The Kier molecular flexibility index (Phi) is 4.01. The van der Waals surface area contributed by atoms with Crippen molar-refractivity contribution < 1.29 is 4.39 Å². The summed E-state index contributed by atoms with van der Waals surface area (Å²) in [6, 6.07) is 12.8. The predicted molar refractivity (Wildman–Crippen MR) is 83.0 cm³/mol. The van der Waals surface area contributed by atoms with E-state index in [2.05, 4.69) is 14.8 Å². The zero-order valence-corrected chi connectivity index (χ0v) is 11.9. The lowest BCUT2D eigenvalue weighted by molar-refractivity contribution is 0.596. The summed E-state index contributed by atoms with van der Waals surface area (Å²) in [5.74, 6) is 0.792. The van der Waals surface area contributed by atoms with Crippen molar-refractivity contribution in [1.82, 2.24) is 4.98 Å². The van der Waals surface area contributed by atoms with Crippen molar-refractivity contribution in [2.75, 3.05) is 36.0 Å². The molecule has 5 heteroatoms. The average molecular weight is 286 g/mol. The summed E-state index contributed by atoms with van der Waals surface area (Å²) in [4.78, 5) is 8.84. The molecule has 1 saturated heterocycles. The van der Waals surface area contributed by atoms with Crippen molar-refractivity contribution in [2.24, 2.45) is 5.73 Å². The first kappa shape index (κ1) is 13.8. The number of benzene rings is 1. The molecule has 2 N–H and O–H groups in total. The van der Waals surface area contributed by atoms with E-state index in [1.54, 1.807) is 6.07 Å². The first-order valence-corrected chi connectivity index (χ1v) is 7.18. The molecule has 110 valence electrons. The van der Waals surface area contributed by atoms with Gasteiger partial charge in [-0.25, -0.2) is 9.37 Å². The number of piperazine rings is 1. The van der Waals surface area contributed by atoms with Gasteiger partial charge in [0.25, 0.3) is 0 Å². The summed E-state index contributed by atoms with van der Waals surface area (Å²) >= 11 is 0. The molecule has 0 unspecified atom stereocenters. The van der Waals surface area contributed by atoms with Crippen LogP contribution in [0.15, 0.2) is 42.5 Å². The topological polar surface area (TPSA) is 45.4 Å². The van der Waals surface area contributed by atoms with E-state index in [0.717, 1.165) is 37.7 Å². The molecule has 0 amide bonds. The summed E-state index contributed by atoms with van der Waals surface area (Å²) < 4.78 is 13.8. The van der Waals surface area contributed by atoms with Crippen molar-refractivity contribution in [2.45, 2.75) is 6.54 Å². The van der Waals surface area contributed by atoms with Crippen LogP contribution in [-0.4, -0.2) is 31.2 Å². The van der Waals surface area contributed by atoms with Crippen molar-refractivity contribution in [3.8, 4) is 0 Å². The van der Waals surface area contributed by atoms with Gasteiger partial charge in [-0.2, -0.15) is 0 Å². The van der Waals surface area contributed by atoms with Crippen LogP contribution in [0.4, 0.5) is 15.9 Å². The van der Waals surface area contributed by atoms with E-state index in [-0.39, 0.29) is 5.82 Å². The number of nitrogens with two attached hydrogens (primary N) is 1. The quantitative estimate of drug-likeness (QED) is 0.937. The molecule has 1 aliphatic rings. The summed E-state index contributed by atoms with van der Waals surface area (Å²) in [5.41, 5.74) is 7.21. The third-order valence-electron chi connectivity index (χ3n) is 3.80. The number of anilines is 2. The smallest absolute Gasteiger partial charge is 0.146 e. The zero-order valence-electron chi connectivity index (χ0n) is 11.9. The third-order valence-corrected chi connectivity index (χ3v) is 3.80. The van der Waals surface area contributed by atoms with Crippen LogP contribution in [0.1, 0.15) is 5.69 Å². The maximum Gasteiger partial charge on any atom is 0.146 e. The van der Waals surface area contributed by atoms with Gasteiger partial charge in [-0.1, -0.05) is 18.2 Å². The number of nitrogens with zero attached hydrogens (tertiary/aromatic N) is 3. The fraction of sp³-hybridized carbons (Fsp3) is 0.312. The average Bonchev–Trinajstić information content (AvgIpc) is 2.56. The number of rotatable bonds is 3. The molecule has 0 bridgehead atoms. The summed E-state index contributed by atoms with van der Waals surface area (Å²) in [6.45, 7) is 3.68. The van der Waals surface area contributed by atoms with Crippen LogP contribution < -0.4 is 15.5 Å². The SMILES string of the molecule is NCc1cccc(N2CCN(c3ccccc3F)CC2)n1. The lowest BCUT2D eigenvalue weighted by atomic mass is 10.2. The second-order valence-corrected chi connectivity index (χ2v) is 5.12. The Morgan fingerprint density at radius 2 is 1.67 bits per heavy atom. The molecular weight excluding hydrogens is 267 g/mol. The van der Waals surface area contributed by atoms with Crippen molar-refractivity contribution in [3.05, 3.63) is 54.0 Å². The van der Waals surface area contributed by atoms with Gasteiger partial charge in [-0.15, -0.1) is 0 Å². The third kappa shape index (κ3) is 2.97. The minimum atomic E-state index is -0.158. The van der Waals surface area contributed by atoms with Gasteiger partial charge in [-0.05, 0) is 24.3 Å². The molecule has 1 fully saturated rings. The van der Waals surface area contributed by atoms with Crippen LogP contribution in [0.25, 0.3) is 0 Å². The fourth-order valence-electron chi connectivity index (χ4n) is 2.64. The van der Waals surface area contributed by atoms with Gasteiger partial charge in [0.05, 0.1) is 11.4 Å². The lowest BCUT2D eigenvalue weighted by Crippen LogP contribution is -2.47. The Hall–Kier alpha value is -2.14. The molecule has 1 aromatic carbocycles. The Morgan fingerprint density at radius 1 is 0.952 bits per heavy atom. The Balaban J connectivity index is 1.69. The van der Waals surface area contributed by atoms with Gasteiger partial charge in [-0.3, -0.25) is 0 Å². The van der Waals surface area contributed by atoms with E-state index in [1.165, 1.54) is 6.07 Å². The largest absolute Gasteiger partial charge is 0.366 e. The minimum Gasteiger partial charge on any atom is -0.366 e. The molecule has 0 spiro atoms. The van der Waals surface area contributed by atoms with Gasteiger partial charge < -0.3 is 15.5 Å². The van der Waals surface area contributed by atoms with E-state index in [1.807, 2.05) is 30.3 Å². The summed E-state index contributed by atoms with van der Waals surface area (Å²) in [5, 5.41) is 0. The maximum absolute atomic E-state index is 13.8. The van der Waals surface area contributed by atoms with Gasteiger partial charge in [0, 0.05) is 32.7 Å². The summed E-state index contributed by atoms with van der Waals surface area (Å²) in [7, 11) is 0. The predicted octanol–water partition coefficient (Wildman–Crippen LogP) is 2.01. The van der Waals surface area contributed by atoms with Crippen molar-refractivity contribution in [1.29, 1.82) is 0 Å². The van der Waals surface area contributed by atoms with Crippen LogP contribution in [0, 0.1) is 5.82 Å². The highest BCUT2D eigenvalue weighted by Gasteiger charge is 2.20. The highest BCUT2D eigenvalue weighted by Crippen LogP contribution is 2.22. The van der Waals surface area contributed by atoms with Crippen LogP contribution >= 0.6 is 0 Å². The highest BCUT2D eigenvalue weighted by atomic mass is 19.1. The molecule has 2 aromatic rings. The molecule has 0 radical (unpaired) electrons. The van der Waals surface area contributed by atoms with Crippen molar-refractivity contribution >= 4 is 11.5 Å². The van der Waals surface area contributed by atoms with E-state index >= 15 is 0 Å². The second kappa shape index (κ2) is 6.10. The molecule has 1 aliphatic heterocycles. The number of pyridine rings is 1. The Morgan fingerprint density at radius 3 is 2.38 bits per heavy atom. The normalized spacial score (nSPS) is 15.3. The van der Waals surface area contributed by atoms with Gasteiger partial charge in [0.2, 0.25) is 0 Å². The molecule has 2 heterocycles. The Bertz CT molecular complexity index is 609. The minimum absolute atomic E-state index is 0.158. The van der Waals surface area contributed by atoms with E-state index in [4.69, 9.17) is 5.73 Å². The monoisotopic (exact) mass is 286 g/mol. The number of aromatic nitrogens is 1. The van der Waals surface area contributed by atoms with E-state index in [0.29, 0.717) is 12.2 Å². The molecule has 1 aromatic heterocycles. The fourth-order valence-corrected chi connectivity index (χ4v) is 2.64. The lowest BCUT2D eigenvalue weighted by Gasteiger charge is -2.36. The first-order chi connectivity index (χ1) is 10.3. The maximum atomic E-state index is 13.8. The number of hydrogen-bond donors (Lipinski definition) is 1. The van der Waals surface area contributed by atoms with Gasteiger partial charge in [0.15, 0.2) is 0 Å².